The fourth-order valence-corrected chi connectivity index (χ4v) is 1.31. The molecule has 0 saturated heterocycles. The maximum absolute atomic E-state index is 8.70. The molecule has 0 amide bonds. The van der Waals surface area contributed by atoms with Crippen molar-refractivity contribution >= 4 is 11.6 Å². The lowest BCUT2D eigenvalue weighted by Crippen LogP contribution is -2.40. The van der Waals surface area contributed by atoms with E-state index in [2.05, 4.69) is 10.2 Å². The lowest BCUT2D eigenvalue weighted by molar-refractivity contribution is -0.702. The average molecular weight is 222 g/mol. The van der Waals surface area contributed by atoms with Crippen LogP contribution in [0.3, 0.4) is 0 Å². The molecule has 17 heavy (non-hydrogen) atoms. The topological polar surface area (TPSA) is 77.3 Å². The Bertz CT molecular complexity index is 604. The normalized spacial score (nSPS) is 9.12. The fraction of sp³-hybridized carbons (Fsp3) is 0. The third-order valence-electron chi connectivity index (χ3n) is 2.14. The largest absolute Gasteiger partial charge is 0.405 e. The number of benzene rings is 1. The highest BCUT2D eigenvalue weighted by Crippen LogP contribution is 2.14. The Labute approximate surface area is 97.8 Å². The fourth-order valence-electron chi connectivity index (χ4n) is 1.31. The molecule has 1 heterocycles. The van der Waals surface area contributed by atoms with Crippen LogP contribution in [-0.4, -0.2) is 16.1 Å². The van der Waals surface area contributed by atoms with Gasteiger partial charge in [-0.3, -0.25) is 5.41 Å². The maximum atomic E-state index is 8.70. The van der Waals surface area contributed by atoms with Crippen molar-refractivity contribution in [2.24, 2.45) is 0 Å². The first-order chi connectivity index (χ1) is 8.35. The molecule has 0 fully saturated rings. The molecule has 0 saturated carbocycles. The zero-order valence-corrected chi connectivity index (χ0v) is 8.83. The number of rotatable bonds is 2. The van der Waals surface area contributed by atoms with Crippen molar-refractivity contribution in [1.29, 1.82) is 10.7 Å². The number of aromatic nitrogens is 3. The van der Waals surface area contributed by atoms with Gasteiger partial charge in [-0.15, -0.1) is 0 Å². The molecule has 0 aliphatic heterocycles. The number of hydrogen-bond donors (Lipinski definition) is 1. The zero-order valence-electron chi connectivity index (χ0n) is 8.83. The van der Waals surface area contributed by atoms with Gasteiger partial charge in [-0.25, -0.2) is 0 Å². The highest BCUT2D eigenvalue weighted by atomic mass is 15.4. The predicted octanol–water partition coefficient (Wildman–Crippen LogP) is 1.04. The van der Waals surface area contributed by atoms with Gasteiger partial charge in [0.1, 0.15) is 12.4 Å². The maximum Gasteiger partial charge on any atom is 0.405 e. The van der Waals surface area contributed by atoms with Crippen LogP contribution in [0.2, 0.25) is 0 Å². The highest BCUT2D eigenvalue weighted by Gasteiger charge is 2.13. The van der Waals surface area contributed by atoms with Crippen LogP contribution in [-0.2, 0) is 0 Å². The van der Waals surface area contributed by atoms with Crippen LogP contribution < -0.4 is 4.80 Å². The van der Waals surface area contributed by atoms with E-state index in [0.717, 1.165) is 15.9 Å². The number of allylic oxidation sites excluding steroid dienone is 1. The van der Waals surface area contributed by atoms with E-state index in [4.69, 9.17) is 10.7 Å². The molecular weight excluding hydrogens is 214 g/mol. The summed E-state index contributed by atoms with van der Waals surface area (Å²) in [5.41, 5.74) is 1.80. The van der Waals surface area contributed by atoms with Crippen LogP contribution in [0.4, 0.5) is 0 Å². The van der Waals surface area contributed by atoms with E-state index in [0.29, 0.717) is 0 Å². The summed E-state index contributed by atoms with van der Waals surface area (Å²) < 4.78 is 0. The van der Waals surface area contributed by atoms with Gasteiger partial charge in [-0.2, -0.15) is 5.26 Å². The lowest BCUT2D eigenvalue weighted by Gasteiger charge is -1.96. The van der Waals surface area contributed by atoms with Crippen LogP contribution in [0, 0.1) is 16.7 Å². The molecular formula is C12H8N5+. The molecule has 5 heteroatoms. The van der Waals surface area contributed by atoms with Crippen molar-refractivity contribution in [3.63, 3.8) is 0 Å². The van der Waals surface area contributed by atoms with Crippen LogP contribution in [0.1, 0.15) is 0 Å². The second-order valence-electron chi connectivity index (χ2n) is 3.19. The lowest BCUT2D eigenvalue weighted by atomic mass is 10.1. The van der Waals surface area contributed by atoms with E-state index < -0.39 is 0 Å². The van der Waals surface area contributed by atoms with Gasteiger partial charge in [0.2, 0.25) is 0 Å². The quantitative estimate of drug-likeness (QED) is 0.468. The van der Waals surface area contributed by atoms with Crippen LogP contribution in [0.5, 0.6) is 0 Å². The second-order valence-corrected chi connectivity index (χ2v) is 3.19. The Hall–Kier alpha value is -2.83. The number of hydrogen-bond acceptors (Lipinski definition) is 4. The molecule has 80 valence electrons. The van der Waals surface area contributed by atoms with Gasteiger partial charge in [0.25, 0.3) is 0 Å². The van der Waals surface area contributed by atoms with Crippen molar-refractivity contribution in [2.75, 3.05) is 0 Å². The summed E-state index contributed by atoms with van der Waals surface area (Å²) in [6.45, 7) is 0. The molecule has 1 aromatic carbocycles. The third-order valence-corrected chi connectivity index (χ3v) is 2.14. The summed E-state index contributed by atoms with van der Waals surface area (Å²) in [6, 6.07) is 11.5. The van der Waals surface area contributed by atoms with Crippen molar-refractivity contribution in [2.45, 2.75) is 0 Å². The van der Waals surface area contributed by atoms with Gasteiger partial charge in [-0.1, -0.05) is 30.3 Å². The molecule has 1 N–H and O–H groups in total. The first-order valence-electron chi connectivity index (χ1n) is 4.85. The van der Waals surface area contributed by atoms with Crippen LogP contribution >= 0.6 is 0 Å². The molecule has 0 aliphatic carbocycles. The predicted molar refractivity (Wildman–Crippen MR) is 60.7 cm³/mol. The Kier molecular flexibility index (Phi) is 3.01. The summed E-state index contributed by atoms with van der Waals surface area (Å²) in [6.07, 6.45) is 3.19. The van der Waals surface area contributed by atoms with Crippen molar-refractivity contribution in [3.8, 4) is 17.2 Å². The smallest absolute Gasteiger partial charge is 0.252 e. The van der Waals surface area contributed by atoms with E-state index in [1.165, 1.54) is 0 Å². The number of nitrogens with one attached hydrogen (secondary N) is 1. The van der Waals surface area contributed by atoms with E-state index in [1.54, 1.807) is 18.5 Å². The Morgan fingerprint density at radius 2 is 1.76 bits per heavy atom. The molecule has 5 nitrogen and oxygen atoms in total. The molecule has 2 aromatic rings. The molecule has 0 spiro atoms. The number of nitrogens with zero attached hydrogens (tertiary/aromatic N) is 4. The minimum Gasteiger partial charge on any atom is -0.252 e. The Balaban J connectivity index is 2.38. The summed E-state index contributed by atoms with van der Waals surface area (Å²) in [7, 11) is 0. The summed E-state index contributed by atoms with van der Waals surface area (Å²) in [5.74, 6) is 1.97. The minimum atomic E-state index is -0.0513. The molecule has 1 aromatic heterocycles. The highest BCUT2D eigenvalue weighted by molar-refractivity contribution is 5.80. The molecule has 0 aliphatic rings. The SMILES string of the molecule is N#CC(=C=N)[n+]1ncc(-c2ccccc2)cn1. The van der Waals surface area contributed by atoms with Gasteiger partial charge in [0.05, 0.1) is 10.7 Å². The van der Waals surface area contributed by atoms with Gasteiger partial charge < -0.3 is 0 Å². The monoisotopic (exact) mass is 222 g/mol. The van der Waals surface area contributed by atoms with Crippen molar-refractivity contribution in [1.82, 2.24) is 10.2 Å². The summed E-state index contributed by atoms with van der Waals surface area (Å²) >= 11 is 0. The van der Waals surface area contributed by atoms with Crippen molar-refractivity contribution < 1.29 is 4.80 Å². The molecule has 0 atom stereocenters. The molecule has 2 rings (SSSR count). The summed E-state index contributed by atoms with van der Waals surface area (Å²) in [4.78, 5) is 1.07. The first kappa shape index (κ1) is 10.7. The van der Waals surface area contributed by atoms with Gasteiger partial charge in [0, 0.05) is 15.8 Å². The minimum absolute atomic E-state index is 0.0513. The zero-order chi connectivity index (χ0) is 12.1. The number of nitriles is 1. The van der Waals surface area contributed by atoms with E-state index in [1.807, 2.05) is 36.2 Å². The van der Waals surface area contributed by atoms with Crippen LogP contribution in [0.15, 0.2) is 42.7 Å². The molecule has 0 unspecified atom stereocenters. The molecule has 0 bridgehead atoms. The van der Waals surface area contributed by atoms with Crippen LogP contribution in [0.25, 0.3) is 16.8 Å². The van der Waals surface area contributed by atoms with E-state index in [-0.39, 0.29) is 5.70 Å². The second kappa shape index (κ2) is 4.79. The van der Waals surface area contributed by atoms with Gasteiger partial charge in [0.15, 0.2) is 6.07 Å². The van der Waals surface area contributed by atoms with Crippen molar-refractivity contribution in [3.05, 3.63) is 42.7 Å². The first-order valence-corrected chi connectivity index (χ1v) is 4.85. The molecule has 0 radical (unpaired) electrons. The average Bonchev–Trinajstić information content (AvgIpc) is 2.42. The Morgan fingerprint density at radius 3 is 2.29 bits per heavy atom. The third kappa shape index (κ3) is 2.23. The van der Waals surface area contributed by atoms with Gasteiger partial charge >= 0.3 is 5.70 Å². The standard InChI is InChI=1S/C12H8N5/c13-6-12(7-14)17-15-8-11(9-16-17)10-4-2-1-3-5-10/h1-5,8-9,13H/q+1. The summed E-state index contributed by atoms with van der Waals surface area (Å²) in [5, 5.41) is 23.5. The van der Waals surface area contributed by atoms with E-state index in [9.17, 15) is 0 Å². The Morgan fingerprint density at radius 1 is 1.12 bits per heavy atom. The van der Waals surface area contributed by atoms with E-state index >= 15 is 0 Å². The van der Waals surface area contributed by atoms with Gasteiger partial charge in [-0.05, 0) is 5.56 Å².